The maximum atomic E-state index is 13.4. The predicted octanol–water partition coefficient (Wildman–Crippen LogP) is 5.31. The van der Waals surface area contributed by atoms with Crippen LogP contribution in [0.3, 0.4) is 0 Å². The van der Waals surface area contributed by atoms with Crippen molar-refractivity contribution < 1.29 is 19.4 Å². The van der Waals surface area contributed by atoms with Crippen molar-refractivity contribution in [2.75, 3.05) is 12.4 Å². The first-order valence-electron chi connectivity index (χ1n) is 14.3. The molecule has 1 heterocycles. The van der Waals surface area contributed by atoms with E-state index in [9.17, 15) is 14.7 Å². The van der Waals surface area contributed by atoms with Crippen molar-refractivity contribution in [3.05, 3.63) is 76.6 Å². The summed E-state index contributed by atoms with van der Waals surface area (Å²) in [5.74, 6) is 0.0728. The zero-order valence-electron chi connectivity index (χ0n) is 24.1. The first-order valence-corrected chi connectivity index (χ1v) is 14.3. The third kappa shape index (κ3) is 4.83. The summed E-state index contributed by atoms with van der Waals surface area (Å²) in [7, 11) is 1.49. The number of benzene rings is 2. The van der Waals surface area contributed by atoms with Crippen LogP contribution >= 0.6 is 0 Å². The molecule has 2 aromatic carbocycles. The number of aliphatic hydroxyl groups excluding tert-OH is 1. The SMILES string of the molecule is COC(=O)[C@]1(C)CCC[C@]2(C)c3ccc(C(C)C)c(NC(=O)Cn4cc(C(O)c5ccccc5)nn4)c3CC[C@@H]12. The third-order valence-electron chi connectivity index (χ3n) is 9.37. The van der Waals surface area contributed by atoms with Gasteiger partial charge in [0.1, 0.15) is 18.3 Å². The van der Waals surface area contributed by atoms with E-state index in [2.05, 4.69) is 55.5 Å². The molecular weight excluding hydrogens is 504 g/mol. The molecule has 1 saturated carbocycles. The van der Waals surface area contributed by atoms with Crippen molar-refractivity contribution in [1.29, 1.82) is 0 Å². The Bertz CT molecular complexity index is 1400. The number of esters is 1. The van der Waals surface area contributed by atoms with E-state index in [0.29, 0.717) is 11.3 Å². The normalized spacial score (nSPS) is 24.6. The molecule has 0 bridgehead atoms. The van der Waals surface area contributed by atoms with Gasteiger partial charge in [-0.3, -0.25) is 9.59 Å². The quantitative estimate of drug-likeness (QED) is 0.391. The number of rotatable bonds is 7. The molecular formula is C32H40N4O4. The van der Waals surface area contributed by atoms with Crippen LogP contribution in [0.5, 0.6) is 0 Å². The minimum atomic E-state index is -0.911. The van der Waals surface area contributed by atoms with Crippen LogP contribution in [0.25, 0.3) is 0 Å². The first kappa shape index (κ1) is 28.0. The Labute approximate surface area is 236 Å². The van der Waals surface area contributed by atoms with Crippen LogP contribution in [0.1, 0.15) is 93.3 Å². The highest BCUT2D eigenvalue weighted by Gasteiger charge is 2.56. The van der Waals surface area contributed by atoms with Gasteiger partial charge in [0, 0.05) is 5.69 Å². The smallest absolute Gasteiger partial charge is 0.311 e. The Kier molecular flexibility index (Phi) is 7.57. The van der Waals surface area contributed by atoms with Crippen LogP contribution < -0.4 is 5.32 Å². The number of carbonyl (C=O) groups is 2. The summed E-state index contributed by atoms with van der Waals surface area (Å²) in [6.07, 6.45) is 5.14. The van der Waals surface area contributed by atoms with Crippen molar-refractivity contribution >= 4 is 17.6 Å². The first-order chi connectivity index (χ1) is 19.1. The Hall–Kier alpha value is -3.52. The number of hydrogen-bond acceptors (Lipinski definition) is 6. The third-order valence-corrected chi connectivity index (χ3v) is 9.37. The fourth-order valence-corrected chi connectivity index (χ4v) is 7.34. The van der Waals surface area contributed by atoms with Gasteiger partial charge < -0.3 is 15.2 Å². The van der Waals surface area contributed by atoms with E-state index in [1.54, 1.807) is 6.20 Å². The van der Waals surface area contributed by atoms with E-state index in [4.69, 9.17) is 4.74 Å². The molecule has 3 aromatic rings. The second kappa shape index (κ2) is 10.8. The number of aliphatic hydroxyl groups is 1. The largest absolute Gasteiger partial charge is 0.469 e. The number of nitrogens with one attached hydrogen (secondary N) is 1. The average molecular weight is 545 g/mol. The summed E-state index contributed by atoms with van der Waals surface area (Å²) in [5, 5.41) is 22.1. The standard InChI is InChI=1S/C32H40N4O4/c1-20(2)22-12-14-24-23(13-15-26-31(24,3)16-9-17-32(26,4)30(39)40-5)28(22)33-27(37)19-36-18-25(34-35-36)29(38)21-10-7-6-8-11-21/h6-8,10-12,14,18,20,26,29,38H,9,13,15-17,19H2,1-5H3,(H,33,37)/t26-,29?,31-,32-/m1/s1. The molecule has 40 heavy (non-hydrogen) atoms. The molecule has 8 nitrogen and oxygen atoms in total. The molecule has 1 fully saturated rings. The summed E-state index contributed by atoms with van der Waals surface area (Å²) in [5.41, 5.74) is 4.79. The fraction of sp³-hybridized carbons (Fsp3) is 0.500. The summed E-state index contributed by atoms with van der Waals surface area (Å²) in [6, 6.07) is 13.6. The second-order valence-corrected chi connectivity index (χ2v) is 12.2. The molecule has 0 radical (unpaired) electrons. The van der Waals surface area contributed by atoms with Gasteiger partial charge in [0.2, 0.25) is 5.91 Å². The van der Waals surface area contributed by atoms with E-state index in [0.717, 1.165) is 43.4 Å². The Morgan fingerprint density at radius 1 is 1.15 bits per heavy atom. The van der Waals surface area contributed by atoms with Crippen molar-refractivity contribution in [1.82, 2.24) is 15.0 Å². The van der Waals surface area contributed by atoms with Gasteiger partial charge in [-0.2, -0.15) is 0 Å². The van der Waals surface area contributed by atoms with Crippen molar-refractivity contribution in [3.8, 4) is 0 Å². The lowest BCUT2D eigenvalue weighted by atomic mass is 9.49. The van der Waals surface area contributed by atoms with Crippen LogP contribution in [0.15, 0.2) is 48.7 Å². The van der Waals surface area contributed by atoms with Crippen molar-refractivity contribution in [2.24, 2.45) is 11.3 Å². The lowest BCUT2D eigenvalue weighted by Crippen LogP contribution is -2.52. The number of nitrogens with zero attached hydrogens (tertiary/aromatic N) is 3. The monoisotopic (exact) mass is 544 g/mol. The van der Waals surface area contributed by atoms with Gasteiger partial charge in [-0.15, -0.1) is 5.10 Å². The molecule has 1 amide bonds. The van der Waals surface area contributed by atoms with E-state index in [1.807, 2.05) is 30.3 Å². The van der Waals surface area contributed by atoms with E-state index in [-0.39, 0.29) is 35.7 Å². The molecule has 2 aliphatic carbocycles. The highest BCUT2D eigenvalue weighted by molar-refractivity contribution is 5.93. The molecule has 0 saturated heterocycles. The highest BCUT2D eigenvalue weighted by atomic mass is 16.5. The highest BCUT2D eigenvalue weighted by Crippen LogP contribution is 2.58. The van der Waals surface area contributed by atoms with Crippen LogP contribution in [-0.2, 0) is 32.7 Å². The number of anilines is 1. The van der Waals surface area contributed by atoms with Crippen LogP contribution in [0.2, 0.25) is 0 Å². The second-order valence-electron chi connectivity index (χ2n) is 12.2. The molecule has 4 atom stereocenters. The Morgan fingerprint density at radius 3 is 2.60 bits per heavy atom. The number of amides is 1. The van der Waals surface area contributed by atoms with Gasteiger partial charge in [-0.25, -0.2) is 4.68 Å². The summed E-state index contributed by atoms with van der Waals surface area (Å²) in [6.45, 7) is 8.60. The molecule has 8 heteroatoms. The summed E-state index contributed by atoms with van der Waals surface area (Å²) in [4.78, 5) is 26.3. The summed E-state index contributed by atoms with van der Waals surface area (Å²) >= 11 is 0. The van der Waals surface area contributed by atoms with Gasteiger partial charge in [-0.05, 0) is 72.1 Å². The number of hydrogen-bond donors (Lipinski definition) is 2. The molecule has 212 valence electrons. The van der Waals surface area contributed by atoms with E-state index < -0.39 is 11.5 Å². The van der Waals surface area contributed by atoms with Gasteiger partial charge in [0.05, 0.1) is 18.7 Å². The molecule has 2 N–H and O–H groups in total. The van der Waals surface area contributed by atoms with Crippen molar-refractivity contribution in [2.45, 2.75) is 83.8 Å². The zero-order valence-corrected chi connectivity index (χ0v) is 24.1. The van der Waals surface area contributed by atoms with Gasteiger partial charge >= 0.3 is 5.97 Å². The lowest BCUT2D eigenvalue weighted by molar-refractivity contribution is -0.161. The Balaban J connectivity index is 1.42. The van der Waals surface area contributed by atoms with E-state index in [1.165, 1.54) is 22.9 Å². The summed E-state index contributed by atoms with van der Waals surface area (Å²) < 4.78 is 6.73. The minimum Gasteiger partial charge on any atom is -0.469 e. The minimum absolute atomic E-state index is 0.0178. The number of aromatic nitrogens is 3. The number of methoxy groups -OCH3 is 1. The lowest BCUT2D eigenvalue weighted by Gasteiger charge is -2.54. The molecule has 5 rings (SSSR count). The average Bonchev–Trinajstić information content (AvgIpc) is 3.40. The molecule has 2 aliphatic rings. The maximum absolute atomic E-state index is 13.4. The molecule has 1 unspecified atom stereocenters. The number of ether oxygens (including phenoxy) is 1. The maximum Gasteiger partial charge on any atom is 0.311 e. The van der Waals surface area contributed by atoms with Crippen molar-refractivity contribution in [3.63, 3.8) is 0 Å². The predicted molar refractivity (Wildman–Crippen MR) is 153 cm³/mol. The van der Waals surface area contributed by atoms with Gasteiger partial charge in [0.25, 0.3) is 0 Å². The van der Waals surface area contributed by atoms with Gasteiger partial charge in [0.15, 0.2) is 0 Å². The molecule has 1 aromatic heterocycles. The van der Waals surface area contributed by atoms with Gasteiger partial charge in [-0.1, -0.05) is 74.9 Å². The topological polar surface area (TPSA) is 106 Å². The molecule has 0 aliphatic heterocycles. The van der Waals surface area contributed by atoms with Crippen LogP contribution in [-0.4, -0.2) is 39.1 Å². The Morgan fingerprint density at radius 2 is 1.90 bits per heavy atom. The molecule has 0 spiro atoms. The van der Waals surface area contributed by atoms with E-state index >= 15 is 0 Å². The zero-order chi connectivity index (χ0) is 28.7. The number of carbonyl (C=O) groups excluding carboxylic acids is 2. The van der Waals surface area contributed by atoms with Crippen LogP contribution in [0, 0.1) is 11.3 Å². The van der Waals surface area contributed by atoms with Crippen LogP contribution in [0.4, 0.5) is 5.69 Å². The fourth-order valence-electron chi connectivity index (χ4n) is 7.34. The number of fused-ring (bicyclic) bond motifs is 3.